The van der Waals surface area contributed by atoms with E-state index in [0.717, 1.165) is 43.4 Å². The molecule has 0 spiro atoms. The van der Waals surface area contributed by atoms with Crippen molar-refractivity contribution < 1.29 is 0 Å². The summed E-state index contributed by atoms with van der Waals surface area (Å²) in [6.45, 7) is 9.50. The fourth-order valence-electron chi connectivity index (χ4n) is 2.45. The van der Waals surface area contributed by atoms with Crippen molar-refractivity contribution in [2.75, 3.05) is 24.5 Å². The van der Waals surface area contributed by atoms with Gasteiger partial charge in [0.15, 0.2) is 0 Å². The van der Waals surface area contributed by atoms with E-state index in [9.17, 15) is 0 Å². The second-order valence-corrected chi connectivity index (χ2v) is 4.55. The zero-order valence-corrected chi connectivity index (χ0v) is 11.0. The van der Waals surface area contributed by atoms with Gasteiger partial charge in [-0.05, 0) is 33.2 Å². The fourth-order valence-corrected chi connectivity index (χ4v) is 2.45. The van der Waals surface area contributed by atoms with Crippen molar-refractivity contribution in [3.8, 4) is 0 Å². The highest BCUT2D eigenvalue weighted by atomic mass is 15.2. The van der Waals surface area contributed by atoms with E-state index in [1.807, 2.05) is 6.92 Å². The van der Waals surface area contributed by atoms with Gasteiger partial charge in [0.25, 0.3) is 0 Å². The minimum atomic E-state index is 0.582. The molecule has 0 radical (unpaired) electrons. The third kappa shape index (κ3) is 2.75. The average Bonchev–Trinajstić information content (AvgIpc) is 2.83. The first-order valence-electron chi connectivity index (χ1n) is 6.56. The Morgan fingerprint density at radius 3 is 2.82 bits per heavy atom. The number of hydrogen-bond acceptors (Lipinski definition) is 4. The molecule has 1 atom stereocenters. The first-order chi connectivity index (χ1) is 8.24. The monoisotopic (exact) mass is 234 g/mol. The van der Waals surface area contributed by atoms with E-state index in [-0.39, 0.29) is 0 Å². The Morgan fingerprint density at radius 1 is 1.41 bits per heavy atom. The molecular formula is C13H22N4. The van der Waals surface area contributed by atoms with Crippen LogP contribution in [0.15, 0.2) is 6.07 Å². The van der Waals surface area contributed by atoms with E-state index in [2.05, 4.69) is 40.1 Å². The summed E-state index contributed by atoms with van der Waals surface area (Å²) in [5.74, 6) is 1.97. The van der Waals surface area contributed by atoms with Crippen LogP contribution < -0.4 is 10.2 Å². The van der Waals surface area contributed by atoms with Crippen molar-refractivity contribution >= 4 is 5.82 Å². The van der Waals surface area contributed by atoms with Gasteiger partial charge in [0.05, 0.1) is 0 Å². The maximum absolute atomic E-state index is 4.58. The second-order valence-electron chi connectivity index (χ2n) is 4.55. The van der Waals surface area contributed by atoms with Gasteiger partial charge < -0.3 is 10.2 Å². The average molecular weight is 234 g/mol. The van der Waals surface area contributed by atoms with Gasteiger partial charge in [0.2, 0.25) is 0 Å². The molecule has 4 nitrogen and oxygen atoms in total. The molecule has 1 fully saturated rings. The quantitative estimate of drug-likeness (QED) is 0.858. The molecule has 94 valence electrons. The van der Waals surface area contributed by atoms with Gasteiger partial charge in [-0.1, -0.05) is 6.92 Å². The molecule has 0 aromatic carbocycles. The molecule has 0 aliphatic carbocycles. The molecular weight excluding hydrogens is 212 g/mol. The van der Waals surface area contributed by atoms with Crippen LogP contribution in [-0.2, 0) is 6.42 Å². The molecule has 4 heteroatoms. The van der Waals surface area contributed by atoms with E-state index >= 15 is 0 Å². The van der Waals surface area contributed by atoms with Crippen LogP contribution in [0.25, 0.3) is 0 Å². The number of rotatable bonds is 4. The summed E-state index contributed by atoms with van der Waals surface area (Å²) in [6.07, 6.45) is 2.18. The van der Waals surface area contributed by atoms with E-state index < -0.39 is 0 Å². The second kappa shape index (κ2) is 5.45. The van der Waals surface area contributed by atoms with Crippen LogP contribution in [-0.4, -0.2) is 35.6 Å². The Kier molecular flexibility index (Phi) is 3.94. The lowest BCUT2D eigenvalue weighted by atomic mass is 10.2. The topological polar surface area (TPSA) is 41.0 Å². The Balaban J connectivity index is 2.25. The minimum Gasteiger partial charge on any atom is -0.352 e. The molecule has 1 saturated heterocycles. The van der Waals surface area contributed by atoms with Gasteiger partial charge in [-0.15, -0.1) is 0 Å². The van der Waals surface area contributed by atoms with Crippen LogP contribution in [0.4, 0.5) is 5.82 Å². The summed E-state index contributed by atoms with van der Waals surface area (Å²) in [6, 6.07) is 2.72. The van der Waals surface area contributed by atoms with Gasteiger partial charge in [0, 0.05) is 30.9 Å². The Morgan fingerprint density at radius 2 is 2.24 bits per heavy atom. The lowest BCUT2D eigenvalue weighted by Crippen LogP contribution is -2.37. The Hall–Kier alpha value is -1.16. The van der Waals surface area contributed by atoms with Crippen LogP contribution in [0.3, 0.4) is 0 Å². The molecule has 1 aromatic rings. The predicted molar refractivity (Wildman–Crippen MR) is 70.4 cm³/mol. The number of nitrogens with zero attached hydrogens (tertiary/aromatic N) is 3. The molecule has 2 rings (SSSR count). The molecule has 0 saturated carbocycles. The molecule has 1 unspecified atom stereocenters. The van der Waals surface area contributed by atoms with Gasteiger partial charge in [0.1, 0.15) is 11.6 Å². The number of aryl methyl sites for hydroxylation is 2. The van der Waals surface area contributed by atoms with Crippen molar-refractivity contribution in [2.24, 2.45) is 0 Å². The lowest BCUT2D eigenvalue weighted by molar-refractivity contribution is 0.637. The number of aromatic nitrogens is 2. The van der Waals surface area contributed by atoms with Crippen molar-refractivity contribution in [3.05, 3.63) is 17.6 Å². The van der Waals surface area contributed by atoms with Crippen molar-refractivity contribution in [1.82, 2.24) is 15.3 Å². The molecule has 1 aliphatic heterocycles. The summed E-state index contributed by atoms with van der Waals surface area (Å²) in [5.41, 5.74) is 1.14. The van der Waals surface area contributed by atoms with Crippen molar-refractivity contribution in [3.63, 3.8) is 0 Å². The van der Waals surface area contributed by atoms with E-state index in [0.29, 0.717) is 6.04 Å². The van der Waals surface area contributed by atoms with E-state index in [4.69, 9.17) is 0 Å². The van der Waals surface area contributed by atoms with E-state index in [1.165, 1.54) is 6.42 Å². The van der Waals surface area contributed by atoms with Gasteiger partial charge in [-0.3, -0.25) is 0 Å². The molecule has 1 aromatic heterocycles. The normalized spacial score (nSPS) is 19.6. The summed E-state index contributed by atoms with van der Waals surface area (Å²) < 4.78 is 0. The predicted octanol–water partition coefficient (Wildman–Crippen LogP) is 1.54. The number of nitrogens with one attached hydrogen (secondary N) is 1. The van der Waals surface area contributed by atoms with Crippen LogP contribution in [0.1, 0.15) is 31.8 Å². The summed E-state index contributed by atoms with van der Waals surface area (Å²) in [5, 5.41) is 3.42. The van der Waals surface area contributed by atoms with Gasteiger partial charge >= 0.3 is 0 Å². The molecule has 1 N–H and O–H groups in total. The molecule has 0 bridgehead atoms. The first kappa shape index (κ1) is 12.3. The molecule has 1 aliphatic rings. The summed E-state index contributed by atoms with van der Waals surface area (Å²) in [4.78, 5) is 11.4. The lowest BCUT2D eigenvalue weighted by Gasteiger charge is -2.28. The highest BCUT2D eigenvalue weighted by Gasteiger charge is 2.22. The van der Waals surface area contributed by atoms with Crippen LogP contribution in [0, 0.1) is 6.92 Å². The van der Waals surface area contributed by atoms with Crippen molar-refractivity contribution in [1.29, 1.82) is 0 Å². The van der Waals surface area contributed by atoms with Crippen molar-refractivity contribution in [2.45, 2.75) is 39.7 Å². The molecule has 17 heavy (non-hydrogen) atoms. The SMILES string of the molecule is CCc1cc(N(CC)C2CCNC2)nc(C)n1. The minimum absolute atomic E-state index is 0.582. The van der Waals surface area contributed by atoms with E-state index in [1.54, 1.807) is 0 Å². The first-order valence-corrected chi connectivity index (χ1v) is 6.56. The highest BCUT2D eigenvalue weighted by molar-refractivity contribution is 5.41. The van der Waals surface area contributed by atoms with Crippen LogP contribution in [0.2, 0.25) is 0 Å². The van der Waals surface area contributed by atoms with Crippen LogP contribution in [0.5, 0.6) is 0 Å². The zero-order chi connectivity index (χ0) is 12.3. The smallest absolute Gasteiger partial charge is 0.132 e. The van der Waals surface area contributed by atoms with Crippen LogP contribution >= 0.6 is 0 Å². The summed E-state index contributed by atoms with van der Waals surface area (Å²) in [7, 11) is 0. The Labute approximate surface area is 103 Å². The zero-order valence-electron chi connectivity index (χ0n) is 11.0. The fraction of sp³-hybridized carbons (Fsp3) is 0.692. The maximum atomic E-state index is 4.58. The number of likely N-dealkylation sites (N-methyl/N-ethyl adjacent to an activating group) is 1. The molecule has 0 amide bonds. The standard InChI is InChI=1S/C13H22N4/c1-4-11-8-13(16-10(3)15-11)17(5-2)12-6-7-14-9-12/h8,12,14H,4-7,9H2,1-3H3. The molecule has 2 heterocycles. The largest absolute Gasteiger partial charge is 0.352 e. The Bertz CT molecular complexity index is 372. The number of hydrogen-bond donors (Lipinski definition) is 1. The third-order valence-electron chi connectivity index (χ3n) is 3.35. The maximum Gasteiger partial charge on any atom is 0.132 e. The summed E-state index contributed by atoms with van der Waals surface area (Å²) >= 11 is 0. The van der Waals surface area contributed by atoms with Gasteiger partial charge in [-0.2, -0.15) is 0 Å². The van der Waals surface area contributed by atoms with Gasteiger partial charge in [-0.25, -0.2) is 9.97 Å². The highest BCUT2D eigenvalue weighted by Crippen LogP contribution is 2.19. The number of anilines is 1. The third-order valence-corrected chi connectivity index (χ3v) is 3.35.